The van der Waals surface area contributed by atoms with Crippen LogP contribution in [0.5, 0.6) is 17.2 Å². The van der Waals surface area contributed by atoms with Crippen molar-refractivity contribution in [1.82, 2.24) is 0 Å². The van der Waals surface area contributed by atoms with Crippen LogP contribution in [0.3, 0.4) is 0 Å². The van der Waals surface area contributed by atoms with Crippen LogP contribution in [0.2, 0.25) is 0 Å². The van der Waals surface area contributed by atoms with Gasteiger partial charge in [-0.3, -0.25) is 4.79 Å². The van der Waals surface area contributed by atoms with E-state index in [0.29, 0.717) is 49.9 Å². The second-order valence-corrected chi connectivity index (χ2v) is 6.59. The highest BCUT2D eigenvalue weighted by atomic mass is 16.5. The highest BCUT2D eigenvalue weighted by Gasteiger charge is 2.31. The van der Waals surface area contributed by atoms with E-state index in [4.69, 9.17) is 19.9 Å². The number of carboxylic acid groups (broad SMARTS) is 1. The monoisotopic (exact) mass is 367 g/mol. The molecule has 0 saturated carbocycles. The maximum absolute atomic E-state index is 11.4. The summed E-state index contributed by atoms with van der Waals surface area (Å²) in [4.78, 5) is 11.4. The number of hydrogen-bond donors (Lipinski definition) is 2. The zero-order valence-corrected chi connectivity index (χ0v) is 16.6. The number of rotatable bonds is 12. The molecule has 0 bridgehead atoms. The first-order chi connectivity index (χ1) is 12.3. The molecule has 0 fully saturated rings. The van der Waals surface area contributed by atoms with Gasteiger partial charge in [0.1, 0.15) is 5.54 Å². The Morgan fingerprint density at radius 1 is 1.08 bits per heavy atom. The Bertz CT molecular complexity index is 586. The lowest BCUT2D eigenvalue weighted by Gasteiger charge is -2.26. The van der Waals surface area contributed by atoms with E-state index in [1.165, 1.54) is 0 Å². The lowest BCUT2D eigenvalue weighted by molar-refractivity contribution is -0.143. The van der Waals surface area contributed by atoms with Crippen molar-refractivity contribution in [3.63, 3.8) is 0 Å². The molecule has 1 rings (SSSR count). The van der Waals surface area contributed by atoms with Crippen molar-refractivity contribution in [2.24, 2.45) is 11.7 Å². The Hall–Kier alpha value is -1.95. The summed E-state index contributed by atoms with van der Waals surface area (Å²) in [6.07, 6.45) is 1.88. The van der Waals surface area contributed by atoms with Crippen LogP contribution in [0.25, 0.3) is 0 Å². The molecule has 0 aliphatic heterocycles. The fourth-order valence-electron chi connectivity index (χ4n) is 2.96. The topological polar surface area (TPSA) is 91.0 Å². The van der Waals surface area contributed by atoms with Crippen molar-refractivity contribution >= 4 is 5.97 Å². The predicted molar refractivity (Wildman–Crippen MR) is 102 cm³/mol. The number of carbonyl (C=O) groups is 1. The number of ether oxygens (including phenoxy) is 3. The Morgan fingerprint density at radius 2 is 1.65 bits per heavy atom. The van der Waals surface area contributed by atoms with Crippen LogP contribution >= 0.6 is 0 Å². The molecule has 0 radical (unpaired) electrons. The molecule has 0 amide bonds. The molecule has 26 heavy (non-hydrogen) atoms. The van der Waals surface area contributed by atoms with Gasteiger partial charge in [-0.1, -0.05) is 19.4 Å². The SMILES string of the molecule is CCOc1ccc(CC(CC)CC(C)(N)C(=O)O)c(OCC)c1OCC. The van der Waals surface area contributed by atoms with Crippen molar-refractivity contribution in [3.8, 4) is 17.2 Å². The quantitative estimate of drug-likeness (QED) is 0.586. The van der Waals surface area contributed by atoms with E-state index in [1.807, 2.05) is 39.8 Å². The van der Waals surface area contributed by atoms with Gasteiger partial charge in [-0.2, -0.15) is 0 Å². The van der Waals surface area contributed by atoms with Crippen LogP contribution in [0.15, 0.2) is 12.1 Å². The van der Waals surface area contributed by atoms with Crippen LogP contribution in [0, 0.1) is 5.92 Å². The Morgan fingerprint density at radius 3 is 2.15 bits per heavy atom. The molecular formula is C20H33NO5. The number of hydrogen-bond acceptors (Lipinski definition) is 5. The van der Waals surface area contributed by atoms with Crippen LogP contribution in [-0.4, -0.2) is 36.4 Å². The van der Waals surface area contributed by atoms with Crippen molar-refractivity contribution in [1.29, 1.82) is 0 Å². The zero-order chi connectivity index (χ0) is 19.7. The second kappa shape index (κ2) is 10.3. The van der Waals surface area contributed by atoms with Gasteiger partial charge in [-0.25, -0.2) is 0 Å². The van der Waals surface area contributed by atoms with Gasteiger partial charge < -0.3 is 25.1 Å². The molecule has 0 aliphatic carbocycles. The molecule has 1 aromatic rings. The molecule has 2 atom stereocenters. The van der Waals surface area contributed by atoms with E-state index in [2.05, 4.69) is 0 Å². The minimum Gasteiger partial charge on any atom is -0.490 e. The molecule has 0 spiro atoms. The minimum atomic E-state index is -1.25. The second-order valence-electron chi connectivity index (χ2n) is 6.59. The molecule has 148 valence electrons. The predicted octanol–water partition coefficient (Wildman–Crippen LogP) is 3.64. The van der Waals surface area contributed by atoms with Crippen molar-refractivity contribution in [2.75, 3.05) is 19.8 Å². The molecule has 6 heteroatoms. The molecule has 0 saturated heterocycles. The van der Waals surface area contributed by atoms with E-state index in [9.17, 15) is 9.90 Å². The molecule has 0 aliphatic rings. The summed E-state index contributed by atoms with van der Waals surface area (Å²) in [5, 5.41) is 9.31. The maximum Gasteiger partial charge on any atom is 0.323 e. The van der Waals surface area contributed by atoms with E-state index >= 15 is 0 Å². The van der Waals surface area contributed by atoms with E-state index in [-0.39, 0.29) is 5.92 Å². The summed E-state index contributed by atoms with van der Waals surface area (Å²) in [6.45, 7) is 10.9. The van der Waals surface area contributed by atoms with Gasteiger partial charge in [0.15, 0.2) is 11.5 Å². The first kappa shape index (κ1) is 22.1. The molecule has 0 heterocycles. The van der Waals surface area contributed by atoms with Crippen molar-refractivity contribution in [2.45, 2.75) is 59.4 Å². The van der Waals surface area contributed by atoms with Gasteiger partial charge in [-0.15, -0.1) is 0 Å². The van der Waals surface area contributed by atoms with Gasteiger partial charge in [0.2, 0.25) is 5.75 Å². The lowest BCUT2D eigenvalue weighted by atomic mass is 9.84. The third-order valence-electron chi connectivity index (χ3n) is 4.32. The zero-order valence-electron chi connectivity index (χ0n) is 16.6. The van der Waals surface area contributed by atoms with Crippen LogP contribution in [-0.2, 0) is 11.2 Å². The Kier molecular flexibility index (Phi) is 8.72. The summed E-state index contributed by atoms with van der Waals surface area (Å²) >= 11 is 0. The van der Waals surface area contributed by atoms with Crippen molar-refractivity contribution < 1.29 is 24.1 Å². The summed E-state index contributed by atoms with van der Waals surface area (Å²) in [6, 6.07) is 3.85. The van der Waals surface area contributed by atoms with Crippen LogP contribution in [0.4, 0.5) is 0 Å². The average molecular weight is 367 g/mol. The molecular weight excluding hydrogens is 334 g/mol. The van der Waals surface area contributed by atoms with Gasteiger partial charge in [-0.05, 0) is 58.1 Å². The number of nitrogens with two attached hydrogens (primary N) is 1. The van der Waals surface area contributed by atoms with E-state index < -0.39 is 11.5 Å². The number of aliphatic carboxylic acids is 1. The average Bonchev–Trinajstić information content (AvgIpc) is 2.58. The fourth-order valence-corrected chi connectivity index (χ4v) is 2.96. The number of benzene rings is 1. The third kappa shape index (κ3) is 5.80. The van der Waals surface area contributed by atoms with Crippen LogP contribution < -0.4 is 19.9 Å². The molecule has 3 N–H and O–H groups in total. The smallest absolute Gasteiger partial charge is 0.323 e. The largest absolute Gasteiger partial charge is 0.490 e. The van der Waals surface area contributed by atoms with E-state index in [1.54, 1.807) is 6.92 Å². The first-order valence-electron chi connectivity index (χ1n) is 9.37. The summed E-state index contributed by atoms with van der Waals surface area (Å²) in [7, 11) is 0. The molecule has 6 nitrogen and oxygen atoms in total. The summed E-state index contributed by atoms with van der Waals surface area (Å²) in [5.41, 5.74) is 5.68. The third-order valence-corrected chi connectivity index (χ3v) is 4.32. The highest BCUT2D eigenvalue weighted by Crippen LogP contribution is 2.42. The Balaban J connectivity index is 3.20. The highest BCUT2D eigenvalue weighted by molar-refractivity contribution is 5.77. The van der Waals surface area contributed by atoms with Gasteiger partial charge >= 0.3 is 5.97 Å². The van der Waals surface area contributed by atoms with Gasteiger partial charge in [0.25, 0.3) is 0 Å². The van der Waals surface area contributed by atoms with Crippen molar-refractivity contribution in [3.05, 3.63) is 17.7 Å². The minimum absolute atomic E-state index is 0.118. The summed E-state index contributed by atoms with van der Waals surface area (Å²) in [5.74, 6) is 1.07. The van der Waals surface area contributed by atoms with Crippen LogP contribution in [0.1, 0.15) is 53.0 Å². The fraction of sp³-hybridized carbons (Fsp3) is 0.650. The lowest BCUT2D eigenvalue weighted by Crippen LogP contribution is -2.46. The van der Waals surface area contributed by atoms with E-state index in [0.717, 1.165) is 12.0 Å². The Labute approximate surface area is 156 Å². The molecule has 0 aromatic heterocycles. The molecule has 1 aromatic carbocycles. The van der Waals surface area contributed by atoms with Gasteiger partial charge in [0, 0.05) is 0 Å². The molecule has 2 unspecified atom stereocenters. The summed E-state index contributed by atoms with van der Waals surface area (Å²) < 4.78 is 17.3. The van der Waals surface area contributed by atoms with Gasteiger partial charge in [0.05, 0.1) is 19.8 Å². The first-order valence-corrected chi connectivity index (χ1v) is 9.37. The standard InChI is InChI=1S/C20H33NO5/c1-6-14(13-20(5,21)19(22)23)12-15-10-11-16(24-7-2)18(26-9-4)17(15)25-8-3/h10-11,14H,6-9,12-13,21H2,1-5H3,(H,22,23). The maximum atomic E-state index is 11.4. The number of carboxylic acids is 1. The normalized spacial score (nSPS) is 14.4.